The van der Waals surface area contributed by atoms with Crippen LogP contribution in [-0.2, 0) is 6.42 Å². The molecule has 2 unspecified atom stereocenters. The monoisotopic (exact) mass is 266 g/mol. The maximum atomic E-state index is 5.35. The smallest absolute Gasteiger partial charge is 0.157 e. The summed E-state index contributed by atoms with van der Waals surface area (Å²) >= 11 is 1.85. The van der Waals surface area contributed by atoms with Gasteiger partial charge in [-0.25, -0.2) is 0 Å². The van der Waals surface area contributed by atoms with Gasteiger partial charge in [0.2, 0.25) is 0 Å². The minimum absolute atomic E-state index is 0.442. The van der Waals surface area contributed by atoms with Gasteiger partial charge in [-0.05, 0) is 38.3 Å². The van der Waals surface area contributed by atoms with Gasteiger partial charge in [-0.15, -0.1) is 0 Å². The lowest BCUT2D eigenvalue weighted by atomic mass is 10.1. The number of furan rings is 1. The quantitative estimate of drug-likeness (QED) is 0.887. The number of thioether (sulfide) groups is 1. The molecule has 0 aromatic carbocycles. The van der Waals surface area contributed by atoms with Gasteiger partial charge in [-0.2, -0.15) is 0 Å². The molecule has 1 aliphatic heterocycles. The van der Waals surface area contributed by atoms with Gasteiger partial charge in [0.15, 0.2) is 5.17 Å². The number of hydrogen-bond donors (Lipinski definition) is 1. The van der Waals surface area contributed by atoms with Crippen LogP contribution in [0.3, 0.4) is 0 Å². The van der Waals surface area contributed by atoms with Crippen LogP contribution in [-0.4, -0.2) is 23.0 Å². The molecule has 2 heterocycles. The van der Waals surface area contributed by atoms with Crippen LogP contribution in [0, 0.1) is 0 Å². The highest BCUT2D eigenvalue weighted by Crippen LogP contribution is 2.19. The Morgan fingerprint density at radius 2 is 2.50 bits per heavy atom. The molecular weight excluding hydrogens is 244 g/mol. The first-order valence-corrected chi connectivity index (χ1v) is 7.76. The summed E-state index contributed by atoms with van der Waals surface area (Å²) in [4.78, 5) is 4.73. The Morgan fingerprint density at radius 3 is 3.22 bits per heavy atom. The number of aryl methyl sites for hydroxylation is 1. The van der Waals surface area contributed by atoms with E-state index in [2.05, 4.69) is 19.2 Å². The summed E-state index contributed by atoms with van der Waals surface area (Å²) < 4.78 is 5.35. The molecule has 18 heavy (non-hydrogen) atoms. The molecule has 1 aliphatic rings. The highest BCUT2D eigenvalue weighted by atomic mass is 32.2. The third kappa shape index (κ3) is 4.09. The standard InChI is InChI=1S/C14H22N2OS/c1-3-12-8-10-18-14(16-12)15-11(2)6-7-13-5-4-9-17-13/h4-5,9,11-12H,3,6-8,10H2,1-2H3,(H,15,16). The zero-order chi connectivity index (χ0) is 12.8. The fourth-order valence-corrected chi connectivity index (χ4v) is 3.12. The molecule has 1 N–H and O–H groups in total. The van der Waals surface area contributed by atoms with E-state index in [0.29, 0.717) is 12.1 Å². The molecule has 100 valence electrons. The first-order valence-electron chi connectivity index (χ1n) is 6.77. The van der Waals surface area contributed by atoms with Crippen molar-refractivity contribution >= 4 is 16.9 Å². The molecule has 0 radical (unpaired) electrons. The Hall–Kier alpha value is -0.900. The van der Waals surface area contributed by atoms with Gasteiger partial charge in [-0.3, -0.25) is 4.99 Å². The van der Waals surface area contributed by atoms with Crippen molar-refractivity contribution in [3.05, 3.63) is 24.2 Å². The molecule has 2 rings (SSSR count). The topological polar surface area (TPSA) is 37.5 Å². The Kier molecular flexibility index (Phi) is 5.17. The normalized spacial score (nSPS) is 21.4. The number of nitrogens with zero attached hydrogens (tertiary/aromatic N) is 1. The van der Waals surface area contributed by atoms with E-state index >= 15 is 0 Å². The van der Waals surface area contributed by atoms with E-state index in [9.17, 15) is 0 Å². The average molecular weight is 266 g/mol. The van der Waals surface area contributed by atoms with Crippen molar-refractivity contribution in [3.8, 4) is 0 Å². The number of nitrogens with one attached hydrogen (secondary N) is 1. The molecule has 0 saturated heterocycles. The van der Waals surface area contributed by atoms with E-state index in [0.717, 1.165) is 30.2 Å². The van der Waals surface area contributed by atoms with Crippen molar-refractivity contribution in [3.63, 3.8) is 0 Å². The predicted molar refractivity (Wildman–Crippen MR) is 78.2 cm³/mol. The van der Waals surface area contributed by atoms with Gasteiger partial charge in [0.1, 0.15) is 5.76 Å². The summed E-state index contributed by atoms with van der Waals surface area (Å²) in [5, 5.41) is 4.64. The number of amidine groups is 1. The minimum Gasteiger partial charge on any atom is -0.469 e. The van der Waals surface area contributed by atoms with Crippen molar-refractivity contribution in [1.29, 1.82) is 0 Å². The predicted octanol–water partition coefficient (Wildman–Crippen LogP) is 3.46. The Balaban J connectivity index is 1.76. The fraction of sp³-hybridized carbons (Fsp3) is 0.643. The minimum atomic E-state index is 0.442. The molecule has 1 aromatic heterocycles. The second-order valence-electron chi connectivity index (χ2n) is 4.80. The summed E-state index contributed by atoms with van der Waals surface area (Å²) in [6.07, 6.45) is 6.15. The van der Waals surface area contributed by atoms with Crippen LogP contribution in [0.1, 0.15) is 38.9 Å². The van der Waals surface area contributed by atoms with E-state index in [4.69, 9.17) is 9.41 Å². The van der Waals surface area contributed by atoms with Crippen molar-refractivity contribution < 1.29 is 4.42 Å². The summed E-state index contributed by atoms with van der Waals surface area (Å²) in [7, 11) is 0. The summed E-state index contributed by atoms with van der Waals surface area (Å²) in [6, 6.07) is 4.94. The maximum absolute atomic E-state index is 5.35. The third-order valence-electron chi connectivity index (χ3n) is 3.23. The van der Waals surface area contributed by atoms with Crippen LogP contribution in [0.5, 0.6) is 0 Å². The van der Waals surface area contributed by atoms with E-state index in [1.165, 1.54) is 12.2 Å². The molecule has 1 aromatic rings. The van der Waals surface area contributed by atoms with Crippen LogP contribution in [0.2, 0.25) is 0 Å². The van der Waals surface area contributed by atoms with Crippen LogP contribution in [0.4, 0.5) is 0 Å². The lowest BCUT2D eigenvalue weighted by Gasteiger charge is -2.22. The van der Waals surface area contributed by atoms with Crippen LogP contribution >= 0.6 is 11.8 Å². The van der Waals surface area contributed by atoms with Gasteiger partial charge in [0.05, 0.1) is 12.3 Å². The molecule has 0 bridgehead atoms. The summed E-state index contributed by atoms with van der Waals surface area (Å²) in [6.45, 7) is 4.42. The first-order chi connectivity index (χ1) is 8.78. The van der Waals surface area contributed by atoms with Crippen LogP contribution < -0.4 is 5.32 Å². The number of rotatable bonds is 5. The van der Waals surface area contributed by atoms with E-state index in [-0.39, 0.29) is 0 Å². The molecule has 0 spiro atoms. The molecule has 3 nitrogen and oxygen atoms in total. The molecule has 0 fully saturated rings. The molecule has 0 amide bonds. The molecule has 2 atom stereocenters. The molecule has 0 saturated carbocycles. The average Bonchev–Trinajstić information content (AvgIpc) is 2.90. The SMILES string of the molecule is CCC1CCSC(NC(C)CCc2ccco2)=N1. The Bertz CT molecular complexity index is 375. The summed E-state index contributed by atoms with van der Waals surface area (Å²) in [5.74, 6) is 2.25. The van der Waals surface area contributed by atoms with Gasteiger partial charge in [0, 0.05) is 18.2 Å². The van der Waals surface area contributed by atoms with Gasteiger partial charge in [-0.1, -0.05) is 18.7 Å². The summed E-state index contributed by atoms with van der Waals surface area (Å²) in [5.41, 5.74) is 0. The maximum Gasteiger partial charge on any atom is 0.157 e. The highest BCUT2D eigenvalue weighted by molar-refractivity contribution is 8.13. The van der Waals surface area contributed by atoms with Gasteiger partial charge >= 0.3 is 0 Å². The van der Waals surface area contributed by atoms with Crippen molar-refractivity contribution in [2.75, 3.05) is 5.75 Å². The number of hydrogen-bond acceptors (Lipinski definition) is 4. The first kappa shape index (κ1) is 13.5. The zero-order valence-electron chi connectivity index (χ0n) is 11.2. The van der Waals surface area contributed by atoms with Crippen LogP contribution in [0.15, 0.2) is 27.8 Å². The second-order valence-corrected chi connectivity index (χ2v) is 5.88. The van der Waals surface area contributed by atoms with Gasteiger partial charge < -0.3 is 9.73 Å². The molecular formula is C14H22N2OS. The Morgan fingerprint density at radius 1 is 1.61 bits per heavy atom. The fourth-order valence-electron chi connectivity index (χ4n) is 2.03. The Labute approximate surface area is 113 Å². The van der Waals surface area contributed by atoms with E-state index in [1.807, 2.05) is 23.9 Å². The lowest BCUT2D eigenvalue weighted by Crippen LogP contribution is -2.34. The van der Waals surface area contributed by atoms with Crippen molar-refractivity contribution in [1.82, 2.24) is 5.32 Å². The third-order valence-corrected chi connectivity index (χ3v) is 4.17. The zero-order valence-corrected chi connectivity index (χ0v) is 12.0. The highest BCUT2D eigenvalue weighted by Gasteiger charge is 2.15. The molecule has 0 aliphatic carbocycles. The molecule has 4 heteroatoms. The van der Waals surface area contributed by atoms with Crippen molar-refractivity contribution in [2.24, 2.45) is 4.99 Å². The van der Waals surface area contributed by atoms with Crippen molar-refractivity contribution in [2.45, 2.75) is 51.6 Å². The largest absolute Gasteiger partial charge is 0.469 e. The second kappa shape index (κ2) is 6.88. The number of aliphatic imine (C=N–C) groups is 1. The van der Waals surface area contributed by atoms with Crippen LogP contribution in [0.25, 0.3) is 0 Å². The van der Waals surface area contributed by atoms with Gasteiger partial charge in [0.25, 0.3) is 0 Å². The lowest BCUT2D eigenvalue weighted by molar-refractivity contribution is 0.483. The van der Waals surface area contributed by atoms with E-state index in [1.54, 1.807) is 6.26 Å². The van der Waals surface area contributed by atoms with E-state index < -0.39 is 0 Å².